The zero-order chi connectivity index (χ0) is 12.7. The summed E-state index contributed by atoms with van der Waals surface area (Å²) in [7, 11) is 1.81. The van der Waals surface area contributed by atoms with Crippen LogP contribution in [0.25, 0.3) is 11.1 Å². The zero-order valence-corrected chi connectivity index (χ0v) is 10.1. The molecule has 1 aliphatic rings. The first kappa shape index (κ1) is 10.8. The number of rotatable bonds is 1. The van der Waals surface area contributed by atoms with Crippen LogP contribution in [0, 0.1) is 0 Å². The number of aryl methyl sites for hydroxylation is 1. The Morgan fingerprint density at radius 2 is 2.17 bits per heavy atom. The van der Waals surface area contributed by atoms with Crippen molar-refractivity contribution in [1.82, 2.24) is 10.2 Å². The largest absolute Gasteiger partial charge is 0.384 e. The average Bonchev–Trinajstić information content (AvgIpc) is 2.79. The van der Waals surface area contributed by atoms with Crippen LogP contribution in [0.5, 0.6) is 0 Å². The molecular weight excluding hydrogens is 228 g/mol. The number of benzene rings is 1. The first-order valence-corrected chi connectivity index (χ1v) is 5.86. The number of aromatic nitrogens is 2. The topological polar surface area (TPSA) is 75.0 Å². The standard InChI is InChI=1S/C13H14N4O/c1-17-11(18)6-5-8-3-2-4-9(12(8)17)10-7-15-16-13(10)14/h2-4,7H,5-6H2,1H3,(H3,14,15,16). The van der Waals surface area contributed by atoms with E-state index in [2.05, 4.69) is 16.3 Å². The van der Waals surface area contributed by atoms with E-state index in [4.69, 9.17) is 5.73 Å². The quantitative estimate of drug-likeness (QED) is 0.797. The summed E-state index contributed by atoms with van der Waals surface area (Å²) in [6, 6.07) is 6.01. The molecular formula is C13H14N4O. The van der Waals surface area contributed by atoms with E-state index in [9.17, 15) is 4.79 Å². The first-order chi connectivity index (χ1) is 8.68. The molecule has 3 rings (SSSR count). The monoisotopic (exact) mass is 242 g/mol. The highest BCUT2D eigenvalue weighted by atomic mass is 16.2. The number of hydrogen-bond donors (Lipinski definition) is 2. The summed E-state index contributed by atoms with van der Waals surface area (Å²) in [6.07, 6.45) is 3.04. The van der Waals surface area contributed by atoms with Crippen LogP contribution in [0.2, 0.25) is 0 Å². The summed E-state index contributed by atoms with van der Waals surface area (Å²) in [4.78, 5) is 13.5. The smallest absolute Gasteiger partial charge is 0.227 e. The van der Waals surface area contributed by atoms with Crippen molar-refractivity contribution in [1.29, 1.82) is 0 Å². The highest BCUT2D eigenvalue weighted by molar-refractivity contribution is 6.01. The van der Waals surface area contributed by atoms with Crippen LogP contribution in [0.15, 0.2) is 24.4 Å². The zero-order valence-electron chi connectivity index (χ0n) is 10.1. The molecule has 0 radical (unpaired) electrons. The van der Waals surface area contributed by atoms with Gasteiger partial charge in [-0.3, -0.25) is 9.89 Å². The Balaban J connectivity index is 2.23. The number of para-hydroxylation sites is 1. The van der Waals surface area contributed by atoms with Gasteiger partial charge in [-0.1, -0.05) is 18.2 Å². The SMILES string of the molecule is CN1C(=O)CCc2cccc(-c3cn[nH]c3N)c21. The Labute approximate surface area is 105 Å². The number of hydrogen-bond acceptors (Lipinski definition) is 3. The first-order valence-electron chi connectivity index (χ1n) is 5.86. The molecule has 5 nitrogen and oxygen atoms in total. The van der Waals surface area contributed by atoms with Crippen molar-refractivity contribution in [2.24, 2.45) is 0 Å². The van der Waals surface area contributed by atoms with Gasteiger partial charge in [0.1, 0.15) is 5.82 Å². The van der Waals surface area contributed by atoms with Crippen molar-refractivity contribution < 1.29 is 4.79 Å². The summed E-state index contributed by atoms with van der Waals surface area (Å²) >= 11 is 0. The lowest BCUT2D eigenvalue weighted by molar-refractivity contribution is -0.118. The Morgan fingerprint density at radius 1 is 1.33 bits per heavy atom. The second-order valence-corrected chi connectivity index (χ2v) is 4.46. The van der Waals surface area contributed by atoms with Crippen molar-refractivity contribution in [2.75, 3.05) is 17.7 Å². The third-order valence-corrected chi connectivity index (χ3v) is 3.40. The molecule has 2 heterocycles. The van der Waals surface area contributed by atoms with Crippen LogP contribution in [0.1, 0.15) is 12.0 Å². The van der Waals surface area contributed by atoms with E-state index in [-0.39, 0.29) is 5.91 Å². The Kier molecular flexibility index (Phi) is 2.33. The van der Waals surface area contributed by atoms with Crippen LogP contribution in [-0.4, -0.2) is 23.2 Å². The minimum absolute atomic E-state index is 0.136. The maximum Gasteiger partial charge on any atom is 0.227 e. The lowest BCUT2D eigenvalue weighted by Crippen LogP contribution is -2.31. The summed E-state index contributed by atoms with van der Waals surface area (Å²) in [5.74, 6) is 0.659. The van der Waals surface area contributed by atoms with Gasteiger partial charge in [-0.25, -0.2) is 0 Å². The van der Waals surface area contributed by atoms with Crippen molar-refractivity contribution in [3.8, 4) is 11.1 Å². The molecule has 1 aliphatic heterocycles. The molecule has 0 atom stereocenters. The minimum Gasteiger partial charge on any atom is -0.384 e. The van der Waals surface area contributed by atoms with Gasteiger partial charge in [0.25, 0.3) is 0 Å². The van der Waals surface area contributed by atoms with Gasteiger partial charge < -0.3 is 10.6 Å². The molecule has 2 aromatic rings. The van der Waals surface area contributed by atoms with E-state index in [0.717, 1.165) is 23.2 Å². The third kappa shape index (κ3) is 1.48. The normalized spacial score (nSPS) is 14.7. The second kappa shape index (κ2) is 3.87. The molecule has 0 spiro atoms. The predicted octanol–water partition coefficient (Wildman–Crippen LogP) is 1.57. The number of amides is 1. The van der Waals surface area contributed by atoms with Gasteiger partial charge in [-0.05, 0) is 12.0 Å². The van der Waals surface area contributed by atoms with Gasteiger partial charge in [0.15, 0.2) is 0 Å². The molecule has 1 amide bonds. The number of nitrogens with two attached hydrogens (primary N) is 1. The third-order valence-electron chi connectivity index (χ3n) is 3.40. The van der Waals surface area contributed by atoms with Crippen LogP contribution in [0.3, 0.4) is 0 Å². The lowest BCUT2D eigenvalue weighted by Gasteiger charge is -2.28. The van der Waals surface area contributed by atoms with Gasteiger partial charge in [-0.2, -0.15) is 5.10 Å². The number of H-pyrrole nitrogens is 1. The number of aromatic amines is 1. The van der Waals surface area contributed by atoms with Crippen molar-refractivity contribution >= 4 is 17.4 Å². The highest BCUT2D eigenvalue weighted by Crippen LogP contribution is 2.38. The van der Waals surface area contributed by atoms with Crippen LogP contribution < -0.4 is 10.6 Å². The molecule has 0 unspecified atom stereocenters. The molecule has 0 aliphatic carbocycles. The molecule has 0 saturated carbocycles. The number of anilines is 2. The van der Waals surface area contributed by atoms with Gasteiger partial charge in [0, 0.05) is 24.6 Å². The minimum atomic E-state index is 0.136. The number of nitrogens with zero attached hydrogens (tertiary/aromatic N) is 2. The van der Waals surface area contributed by atoms with E-state index in [1.54, 1.807) is 18.1 Å². The Bertz CT molecular complexity index is 617. The molecule has 0 bridgehead atoms. The maximum atomic E-state index is 11.8. The predicted molar refractivity (Wildman–Crippen MR) is 70.2 cm³/mol. The number of nitrogens with one attached hydrogen (secondary N) is 1. The molecule has 1 aromatic heterocycles. The highest BCUT2D eigenvalue weighted by Gasteiger charge is 2.24. The summed E-state index contributed by atoms with van der Waals surface area (Å²) in [6.45, 7) is 0. The molecule has 1 aromatic carbocycles. The number of carbonyl (C=O) groups is 1. The summed E-state index contributed by atoms with van der Waals surface area (Å²) in [5.41, 5.74) is 9.78. The van der Waals surface area contributed by atoms with Gasteiger partial charge in [-0.15, -0.1) is 0 Å². The van der Waals surface area contributed by atoms with E-state index < -0.39 is 0 Å². The van der Waals surface area contributed by atoms with Crippen molar-refractivity contribution in [3.05, 3.63) is 30.0 Å². The fourth-order valence-electron chi connectivity index (χ4n) is 2.45. The fraction of sp³-hybridized carbons (Fsp3) is 0.231. The van der Waals surface area contributed by atoms with E-state index in [1.165, 1.54) is 5.56 Å². The van der Waals surface area contributed by atoms with Crippen molar-refractivity contribution in [2.45, 2.75) is 12.8 Å². The van der Waals surface area contributed by atoms with E-state index >= 15 is 0 Å². The summed E-state index contributed by atoms with van der Waals surface area (Å²) < 4.78 is 0. The maximum absolute atomic E-state index is 11.8. The summed E-state index contributed by atoms with van der Waals surface area (Å²) in [5, 5.41) is 6.66. The molecule has 5 heteroatoms. The van der Waals surface area contributed by atoms with E-state index in [0.29, 0.717) is 12.2 Å². The van der Waals surface area contributed by atoms with E-state index in [1.807, 2.05) is 12.1 Å². The van der Waals surface area contributed by atoms with Crippen LogP contribution in [0.4, 0.5) is 11.5 Å². The Hall–Kier alpha value is -2.30. The number of carbonyl (C=O) groups excluding carboxylic acids is 1. The van der Waals surface area contributed by atoms with Crippen LogP contribution in [-0.2, 0) is 11.2 Å². The van der Waals surface area contributed by atoms with Gasteiger partial charge in [0.05, 0.1) is 11.9 Å². The second-order valence-electron chi connectivity index (χ2n) is 4.46. The van der Waals surface area contributed by atoms with Crippen LogP contribution >= 0.6 is 0 Å². The molecule has 0 saturated heterocycles. The molecule has 0 fully saturated rings. The van der Waals surface area contributed by atoms with Gasteiger partial charge in [0.2, 0.25) is 5.91 Å². The molecule has 92 valence electrons. The molecule has 3 N–H and O–H groups in total. The lowest BCUT2D eigenvalue weighted by atomic mass is 9.95. The number of fused-ring (bicyclic) bond motifs is 1. The number of nitrogen functional groups attached to an aromatic ring is 1. The Morgan fingerprint density at radius 3 is 2.89 bits per heavy atom. The van der Waals surface area contributed by atoms with Gasteiger partial charge >= 0.3 is 0 Å². The average molecular weight is 242 g/mol. The fourth-order valence-corrected chi connectivity index (χ4v) is 2.45. The van der Waals surface area contributed by atoms with Crippen molar-refractivity contribution in [3.63, 3.8) is 0 Å². The molecule has 18 heavy (non-hydrogen) atoms.